The molecule has 0 fully saturated rings. The molecule has 0 bridgehead atoms. The summed E-state index contributed by atoms with van der Waals surface area (Å²) in [5.41, 5.74) is 0.962. The van der Waals surface area contributed by atoms with Crippen LogP contribution >= 0.6 is 11.6 Å². The normalized spacial score (nSPS) is 14.9. The fourth-order valence-electron chi connectivity index (χ4n) is 1.51. The van der Waals surface area contributed by atoms with Crippen molar-refractivity contribution in [1.82, 2.24) is 5.32 Å². The number of alkyl halides is 1. The van der Waals surface area contributed by atoms with Crippen LogP contribution in [0.5, 0.6) is 0 Å². The van der Waals surface area contributed by atoms with E-state index >= 15 is 0 Å². The average molecular weight is 230 g/mol. The summed E-state index contributed by atoms with van der Waals surface area (Å²) < 4.78 is 12.9. The molecule has 1 aromatic rings. The van der Waals surface area contributed by atoms with Crippen LogP contribution in [0.1, 0.15) is 25.8 Å². The van der Waals surface area contributed by atoms with Crippen LogP contribution in [-0.2, 0) is 6.54 Å². The molecule has 3 heteroatoms. The Morgan fingerprint density at radius 2 is 2.13 bits per heavy atom. The highest BCUT2D eigenvalue weighted by atomic mass is 35.5. The number of hydrogen-bond donors (Lipinski definition) is 1. The Balaban J connectivity index is 2.36. The first-order valence-corrected chi connectivity index (χ1v) is 5.63. The van der Waals surface area contributed by atoms with Gasteiger partial charge in [-0.25, -0.2) is 4.39 Å². The predicted molar refractivity (Wildman–Crippen MR) is 62.6 cm³/mol. The van der Waals surface area contributed by atoms with Crippen LogP contribution < -0.4 is 5.32 Å². The van der Waals surface area contributed by atoms with Gasteiger partial charge in [0.25, 0.3) is 0 Å². The molecule has 84 valence electrons. The van der Waals surface area contributed by atoms with Gasteiger partial charge in [-0.1, -0.05) is 12.1 Å². The van der Waals surface area contributed by atoms with Gasteiger partial charge in [0, 0.05) is 18.0 Å². The Hall–Kier alpha value is -0.600. The largest absolute Gasteiger partial charge is 0.310 e. The van der Waals surface area contributed by atoms with Gasteiger partial charge in [-0.05, 0) is 38.0 Å². The van der Waals surface area contributed by atoms with E-state index in [9.17, 15) is 4.39 Å². The molecule has 0 saturated heterocycles. The van der Waals surface area contributed by atoms with Crippen LogP contribution in [0.2, 0.25) is 0 Å². The second-order valence-electron chi connectivity index (χ2n) is 3.93. The van der Waals surface area contributed by atoms with Gasteiger partial charge in [-0.2, -0.15) is 0 Å². The summed E-state index contributed by atoms with van der Waals surface area (Å²) in [6.07, 6.45) is 0.914. The lowest BCUT2D eigenvalue weighted by molar-refractivity contribution is 0.510. The molecule has 0 aromatic heterocycles. The van der Waals surface area contributed by atoms with E-state index < -0.39 is 0 Å². The lowest BCUT2D eigenvalue weighted by Gasteiger charge is -2.14. The number of rotatable bonds is 5. The summed E-state index contributed by atoms with van der Waals surface area (Å²) in [6, 6.07) is 6.98. The molecule has 2 unspecified atom stereocenters. The zero-order chi connectivity index (χ0) is 11.3. The third-order valence-corrected chi connectivity index (χ3v) is 2.40. The molecule has 0 heterocycles. The van der Waals surface area contributed by atoms with Crippen molar-refractivity contribution in [3.63, 3.8) is 0 Å². The van der Waals surface area contributed by atoms with Gasteiger partial charge in [-0.3, -0.25) is 0 Å². The summed E-state index contributed by atoms with van der Waals surface area (Å²) >= 11 is 5.88. The molecule has 0 amide bonds. The summed E-state index contributed by atoms with van der Waals surface area (Å²) in [6.45, 7) is 4.74. The first-order valence-electron chi connectivity index (χ1n) is 5.20. The molecule has 2 atom stereocenters. The van der Waals surface area contributed by atoms with Gasteiger partial charge < -0.3 is 5.32 Å². The van der Waals surface area contributed by atoms with E-state index in [2.05, 4.69) is 12.2 Å². The monoisotopic (exact) mass is 229 g/mol. The summed E-state index contributed by atoms with van der Waals surface area (Å²) in [7, 11) is 0. The fraction of sp³-hybridized carbons (Fsp3) is 0.500. The predicted octanol–water partition coefficient (Wildman–Crippen LogP) is 3.32. The molecule has 0 spiro atoms. The van der Waals surface area contributed by atoms with Crippen LogP contribution in [-0.4, -0.2) is 11.4 Å². The zero-order valence-corrected chi connectivity index (χ0v) is 9.89. The Morgan fingerprint density at radius 3 is 2.73 bits per heavy atom. The van der Waals surface area contributed by atoms with Gasteiger partial charge in [0.05, 0.1) is 0 Å². The van der Waals surface area contributed by atoms with E-state index in [4.69, 9.17) is 11.6 Å². The zero-order valence-electron chi connectivity index (χ0n) is 9.13. The van der Waals surface area contributed by atoms with Crippen LogP contribution in [0.25, 0.3) is 0 Å². The molecule has 0 saturated carbocycles. The van der Waals surface area contributed by atoms with Crippen molar-refractivity contribution in [3.8, 4) is 0 Å². The number of nitrogens with one attached hydrogen (secondary N) is 1. The highest BCUT2D eigenvalue weighted by Crippen LogP contribution is 2.06. The Morgan fingerprint density at radius 1 is 1.40 bits per heavy atom. The third kappa shape index (κ3) is 5.14. The highest BCUT2D eigenvalue weighted by Gasteiger charge is 2.05. The first kappa shape index (κ1) is 12.5. The van der Waals surface area contributed by atoms with E-state index in [0.717, 1.165) is 12.0 Å². The van der Waals surface area contributed by atoms with E-state index in [1.807, 2.05) is 13.0 Å². The molecule has 1 rings (SSSR count). The smallest absolute Gasteiger partial charge is 0.123 e. The average Bonchev–Trinajstić information content (AvgIpc) is 2.14. The van der Waals surface area contributed by atoms with Gasteiger partial charge in [0.2, 0.25) is 0 Å². The molecular formula is C12H17ClFN. The second kappa shape index (κ2) is 6.09. The maximum atomic E-state index is 12.9. The second-order valence-corrected chi connectivity index (χ2v) is 4.67. The van der Waals surface area contributed by atoms with Crippen LogP contribution in [0.4, 0.5) is 4.39 Å². The molecule has 1 N–H and O–H groups in total. The van der Waals surface area contributed by atoms with E-state index in [0.29, 0.717) is 12.6 Å². The van der Waals surface area contributed by atoms with Crippen molar-refractivity contribution in [2.75, 3.05) is 0 Å². The highest BCUT2D eigenvalue weighted by molar-refractivity contribution is 6.20. The molecular weight excluding hydrogens is 213 g/mol. The number of benzene rings is 1. The molecule has 1 aromatic carbocycles. The van der Waals surface area contributed by atoms with Gasteiger partial charge in [0.15, 0.2) is 0 Å². The Bertz CT molecular complexity index is 301. The van der Waals surface area contributed by atoms with Crippen molar-refractivity contribution in [2.45, 2.75) is 38.2 Å². The molecule has 0 aliphatic rings. The standard InChI is InChI=1S/C12H17ClFN/c1-9(13)6-10(2)15-8-11-4-3-5-12(14)7-11/h3-5,7,9-10,15H,6,8H2,1-2H3. The quantitative estimate of drug-likeness (QED) is 0.764. The third-order valence-electron chi connectivity index (χ3n) is 2.22. The maximum Gasteiger partial charge on any atom is 0.123 e. The van der Waals surface area contributed by atoms with Gasteiger partial charge >= 0.3 is 0 Å². The summed E-state index contributed by atoms with van der Waals surface area (Å²) in [5.74, 6) is -0.187. The van der Waals surface area contributed by atoms with Crippen LogP contribution in [0.15, 0.2) is 24.3 Å². The molecule has 15 heavy (non-hydrogen) atoms. The van der Waals surface area contributed by atoms with Crippen molar-refractivity contribution in [2.24, 2.45) is 0 Å². The number of hydrogen-bond acceptors (Lipinski definition) is 1. The Labute approximate surface area is 95.6 Å². The minimum Gasteiger partial charge on any atom is -0.310 e. The molecule has 1 nitrogen and oxygen atoms in total. The number of halogens is 2. The van der Waals surface area contributed by atoms with Crippen molar-refractivity contribution in [1.29, 1.82) is 0 Å². The van der Waals surface area contributed by atoms with Crippen LogP contribution in [0, 0.1) is 5.82 Å². The Kier molecular flexibility index (Phi) is 5.06. The van der Waals surface area contributed by atoms with Crippen molar-refractivity contribution < 1.29 is 4.39 Å². The molecule has 0 aliphatic carbocycles. The van der Waals surface area contributed by atoms with E-state index in [-0.39, 0.29) is 11.2 Å². The summed E-state index contributed by atoms with van der Waals surface area (Å²) in [4.78, 5) is 0. The van der Waals surface area contributed by atoms with Gasteiger partial charge in [0.1, 0.15) is 5.82 Å². The molecule has 0 radical (unpaired) electrons. The summed E-state index contributed by atoms with van der Waals surface area (Å²) in [5, 5.41) is 3.47. The van der Waals surface area contributed by atoms with E-state index in [1.54, 1.807) is 12.1 Å². The minimum atomic E-state index is -0.187. The van der Waals surface area contributed by atoms with E-state index in [1.165, 1.54) is 6.07 Å². The van der Waals surface area contributed by atoms with Crippen LogP contribution in [0.3, 0.4) is 0 Å². The topological polar surface area (TPSA) is 12.0 Å². The molecule has 0 aliphatic heterocycles. The fourth-order valence-corrected chi connectivity index (χ4v) is 1.78. The van der Waals surface area contributed by atoms with Crippen molar-refractivity contribution in [3.05, 3.63) is 35.6 Å². The maximum absolute atomic E-state index is 12.9. The minimum absolute atomic E-state index is 0.167. The SMILES string of the molecule is CC(Cl)CC(C)NCc1cccc(F)c1. The van der Waals surface area contributed by atoms with Crippen molar-refractivity contribution >= 4 is 11.6 Å². The lowest BCUT2D eigenvalue weighted by Crippen LogP contribution is -2.27. The lowest BCUT2D eigenvalue weighted by atomic mass is 10.1. The first-order chi connectivity index (χ1) is 7.08. The van der Waals surface area contributed by atoms with Gasteiger partial charge in [-0.15, -0.1) is 11.6 Å².